The first-order valence-electron chi connectivity index (χ1n) is 9.58. The Balaban J connectivity index is 1.60. The van der Waals surface area contributed by atoms with Gasteiger partial charge in [0, 0.05) is 37.4 Å². The normalized spacial score (nSPS) is 21.4. The van der Waals surface area contributed by atoms with Gasteiger partial charge in [0.05, 0.1) is 5.56 Å². The summed E-state index contributed by atoms with van der Waals surface area (Å²) in [6, 6.07) is 3.78. The number of amides is 1. The van der Waals surface area contributed by atoms with Crippen molar-refractivity contribution in [3.63, 3.8) is 0 Å². The van der Waals surface area contributed by atoms with E-state index in [1.54, 1.807) is 6.20 Å². The highest BCUT2D eigenvalue weighted by Crippen LogP contribution is 2.55. The van der Waals surface area contributed by atoms with Crippen molar-refractivity contribution in [2.24, 2.45) is 11.3 Å². The summed E-state index contributed by atoms with van der Waals surface area (Å²) in [5.41, 5.74) is 1.78. The quantitative estimate of drug-likeness (QED) is 0.847. The molecular formula is C20H27N5O. The molecule has 1 aliphatic carbocycles. The Morgan fingerprint density at radius 3 is 2.77 bits per heavy atom. The highest BCUT2D eigenvalue weighted by Gasteiger charge is 2.53. The molecule has 3 heterocycles. The van der Waals surface area contributed by atoms with Gasteiger partial charge in [-0.3, -0.25) is 9.78 Å². The summed E-state index contributed by atoms with van der Waals surface area (Å²) in [6.45, 7) is 8.81. The van der Waals surface area contributed by atoms with Gasteiger partial charge in [0.25, 0.3) is 5.91 Å². The maximum absolute atomic E-state index is 13.0. The van der Waals surface area contributed by atoms with Crippen LogP contribution in [0, 0.1) is 18.3 Å². The molecule has 6 nitrogen and oxygen atoms in total. The Bertz CT molecular complexity index is 791. The van der Waals surface area contributed by atoms with Crippen molar-refractivity contribution in [1.82, 2.24) is 24.6 Å². The van der Waals surface area contributed by atoms with Gasteiger partial charge in [-0.05, 0) is 43.2 Å². The molecule has 0 bridgehead atoms. The maximum Gasteiger partial charge on any atom is 0.255 e. The number of aromatic nitrogens is 4. The van der Waals surface area contributed by atoms with Gasteiger partial charge in [-0.15, -0.1) is 10.2 Å². The first-order valence-corrected chi connectivity index (χ1v) is 9.58. The number of rotatable bonds is 4. The van der Waals surface area contributed by atoms with Crippen LogP contribution < -0.4 is 0 Å². The van der Waals surface area contributed by atoms with Crippen LogP contribution >= 0.6 is 0 Å². The Labute approximate surface area is 154 Å². The smallest absolute Gasteiger partial charge is 0.255 e. The van der Waals surface area contributed by atoms with Crippen molar-refractivity contribution in [3.8, 4) is 0 Å². The Kier molecular flexibility index (Phi) is 4.29. The molecule has 26 heavy (non-hydrogen) atoms. The molecule has 4 rings (SSSR count). The van der Waals surface area contributed by atoms with Crippen molar-refractivity contribution >= 4 is 5.91 Å². The van der Waals surface area contributed by atoms with Crippen LogP contribution in [0.15, 0.2) is 24.7 Å². The molecule has 2 fully saturated rings. The SMILES string of the molecule is Cc1ccc(C(=O)N2CC(c3nncn3CC(C)C)C3(CCC3)C2)cn1. The highest BCUT2D eigenvalue weighted by atomic mass is 16.2. The number of nitrogens with zero attached hydrogens (tertiary/aromatic N) is 5. The molecule has 6 heteroatoms. The second kappa shape index (κ2) is 6.49. The van der Waals surface area contributed by atoms with Crippen LogP contribution in [0.2, 0.25) is 0 Å². The third kappa shape index (κ3) is 2.91. The molecule has 1 spiro atoms. The first kappa shape index (κ1) is 17.2. The summed E-state index contributed by atoms with van der Waals surface area (Å²) in [4.78, 5) is 19.3. The zero-order valence-corrected chi connectivity index (χ0v) is 15.9. The van der Waals surface area contributed by atoms with Crippen LogP contribution in [-0.2, 0) is 6.54 Å². The number of aryl methyl sites for hydroxylation is 1. The third-order valence-corrected chi connectivity index (χ3v) is 5.96. The van der Waals surface area contributed by atoms with Gasteiger partial charge in [-0.25, -0.2) is 0 Å². The maximum atomic E-state index is 13.0. The monoisotopic (exact) mass is 353 g/mol. The zero-order chi connectivity index (χ0) is 18.3. The highest BCUT2D eigenvalue weighted by molar-refractivity contribution is 5.94. The fourth-order valence-corrected chi connectivity index (χ4v) is 4.46. The van der Waals surface area contributed by atoms with E-state index in [0.29, 0.717) is 11.5 Å². The van der Waals surface area contributed by atoms with Crippen LogP contribution in [0.4, 0.5) is 0 Å². The molecule has 0 radical (unpaired) electrons. The summed E-state index contributed by atoms with van der Waals surface area (Å²) in [7, 11) is 0. The van der Waals surface area contributed by atoms with Crippen LogP contribution in [0.3, 0.4) is 0 Å². The lowest BCUT2D eigenvalue weighted by Crippen LogP contribution is -2.38. The zero-order valence-electron chi connectivity index (χ0n) is 15.9. The molecule has 2 aliphatic rings. The molecule has 1 saturated carbocycles. The number of hydrogen-bond donors (Lipinski definition) is 0. The second-order valence-corrected chi connectivity index (χ2v) is 8.38. The topological polar surface area (TPSA) is 63.9 Å². The minimum atomic E-state index is 0.0844. The Hall–Kier alpha value is -2.24. The lowest BCUT2D eigenvalue weighted by molar-refractivity contribution is 0.0722. The van der Waals surface area contributed by atoms with E-state index in [2.05, 4.69) is 33.6 Å². The van der Waals surface area contributed by atoms with Gasteiger partial charge in [-0.1, -0.05) is 20.3 Å². The molecule has 0 aromatic carbocycles. The van der Waals surface area contributed by atoms with E-state index in [0.717, 1.165) is 31.2 Å². The van der Waals surface area contributed by atoms with Gasteiger partial charge in [0.1, 0.15) is 12.2 Å². The average molecular weight is 353 g/mol. The van der Waals surface area contributed by atoms with Crippen molar-refractivity contribution in [2.75, 3.05) is 13.1 Å². The number of likely N-dealkylation sites (tertiary alicyclic amines) is 1. The van der Waals surface area contributed by atoms with E-state index in [4.69, 9.17) is 0 Å². The van der Waals surface area contributed by atoms with Crippen molar-refractivity contribution in [2.45, 2.75) is 52.5 Å². The fraction of sp³-hybridized carbons (Fsp3) is 0.600. The average Bonchev–Trinajstić information content (AvgIpc) is 3.18. The van der Waals surface area contributed by atoms with E-state index in [1.165, 1.54) is 19.3 Å². The fourth-order valence-electron chi connectivity index (χ4n) is 4.46. The van der Waals surface area contributed by atoms with Gasteiger partial charge in [-0.2, -0.15) is 0 Å². The van der Waals surface area contributed by atoms with Gasteiger partial charge in [0.2, 0.25) is 0 Å². The number of hydrogen-bond acceptors (Lipinski definition) is 4. The van der Waals surface area contributed by atoms with E-state index >= 15 is 0 Å². The van der Waals surface area contributed by atoms with E-state index in [1.807, 2.05) is 30.3 Å². The molecule has 1 aliphatic heterocycles. The Morgan fingerprint density at radius 1 is 1.35 bits per heavy atom. The third-order valence-electron chi connectivity index (χ3n) is 5.96. The second-order valence-electron chi connectivity index (χ2n) is 8.38. The molecule has 2 aromatic heterocycles. The number of pyridine rings is 1. The summed E-state index contributed by atoms with van der Waals surface area (Å²) >= 11 is 0. The van der Waals surface area contributed by atoms with Gasteiger partial charge >= 0.3 is 0 Å². The van der Waals surface area contributed by atoms with E-state index < -0.39 is 0 Å². The van der Waals surface area contributed by atoms with E-state index in [9.17, 15) is 4.79 Å². The molecule has 1 atom stereocenters. The largest absolute Gasteiger partial charge is 0.337 e. The lowest BCUT2D eigenvalue weighted by atomic mass is 9.62. The molecule has 1 saturated heterocycles. The predicted molar refractivity (Wildman–Crippen MR) is 98.8 cm³/mol. The molecule has 1 amide bonds. The minimum absolute atomic E-state index is 0.0844. The Morgan fingerprint density at radius 2 is 2.15 bits per heavy atom. The van der Waals surface area contributed by atoms with Crippen LogP contribution in [0.5, 0.6) is 0 Å². The van der Waals surface area contributed by atoms with Crippen LogP contribution in [-0.4, -0.2) is 43.6 Å². The van der Waals surface area contributed by atoms with Crippen molar-refractivity contribution in [3.05, 3.63) is 41.7 Å². The molecule has 138 valence electrons. The molecular weight excluding hydrogens is 326 g/mol. The molecule has 1 unspecified atom stereocenters. The number of carbonyl (C=O) groups is 1. The summed E-state index contributed by atoms with van der Waals surface area (Å²) < 4.78 is 2.19. The summed E-state index contributed by atoms with van der Waals surface area (Å²) in [5, 5.41) is 8.65. The molecule has 0 N–H and O–H groups in total. The van der Waals surface area contributed by atoms with Crippen LogP contribution in [0.1, 0.15) is 60.9 Å². The minimum Gasteiger partial charge on any atom is -0.337 e. The predicted octanol–water partition coefficient (Wildman–Crippen LogP) is 3.05. The van der Waals surface area contributed by atoms with Crippen LogP contribution in [0.25, 0.3) is 0 Å². The van der Waals surface area contributed by atoms with Gasteiger partial charge in [0.15, 0.2) is 0 Å². The van der Waals surface area contributed by atoms with Crippen molar-refractivity contribution in [1.29, 1.82) is 0 Å². The van der Waals surface area contributed by atoms with Gasteiger partial charge < -0.3 is 9.47 Å². The van der Waals surface area contributed by atoms with Crippen molar-refractivity contribution < 1.29 is 4.79 Å². The summed E-state index contributed by atoms with van der Waals surface area (Å²) in [6.07, 6.45) is 7.11. The molecule has 2 aromatic rings. The number of carbonyl (C=O) groups excluding carboxylic acids is 1. The lowest BCUT2D eigenvalue weighted by Gasteiger charge is -2.42. The van der Waals surface area contributed by atoms with E-state index in [-0.39, 0.29) is 17.2 Å². The first-order chi connectivity index (χ1) is 12.5. The summed E-state index contributed by atoms with van der Waals surface area (Å²) in [5.74, 6) is 1.96. The standard InChI is InChI=1S/C20H27N5O/c1-14(2)10-25-13-22-23-18(25)17-11-24(12-20(17)7-4-8-20)19(26)16-6-5-15(3)21-9-16/h5-6,9,13-14,17H,4,7-8,10-12H2,1-3H3.